The predicted octanol–water partition coefficient (Wildman–Crippen LogP) is 2.70. The zero-order valence-electron chi connectivity index (χ0n) is 10.1. The lowest BCUT2D eigenvalue weighted by Gasteiger charge is -2.09. The summed E-state index contributed by atoms with van der Waals surface area (Å²) in [5.74, 6) is 1.40. The van der Waals surface area contributed by atoms with Crippen LogP contribution in [0.25, 0.3) is 0 Å². The molecule has 0 bridgehead atoms. The molecular weight excluding hydrogens is 218 g/mol. The number of hydrogen-bond donors (Lipinski definition) is 2. The standard InChI is InChI=1S/C12H17N3O2/c1-8-6-9(8)7-14-11-5-3-4-10(13-2)12(11)15(16)17/h3-5,8-9,13-14H,6-7H2,1-2H3. The van der Waals surface area contributed by atoms with Gasteiger partial charge in [-0.05, 0) is 30.4 Å². The van der Waals surface area contributed by atoms with Crippen molar-refractivity contribution in [3.05, 3.63) is 28.3 Å². The minimum absolute atomic E-state index is 0.128. The SMILES string of the molecule is CNc1cccc(NCC2CC2C)c1[N+](=O)[O-]. The monoisotopic (exact) mass is 235 g/mol. The molecule has 92 valence electrons. The number of rotatable bonds is 5. The van der Waals surface area contributed by atoms with E-state index in [4.69, 9.17) is 0 Å². The highest BCUT2D eigenvalue weighted by Crippen LogP contribution is 2.39. The molecule has 1 aliphatic carbocycles. The first-order valence-corrected chi connectivity index (χ1v) is 5.82. The zero-order chi connectivity index (χ0) is 12.4. The van der Waals surface area contributed by atoms with E-state index in [1.54, 1.807) is 19.2 Å². The number of anilines is 2. The van der Waals surface area contributed by atoms with Crippen LogP contribution in [0.1, 0.15) is 13.3 Å². The summed E-state index contributed by atoms with van der Waals surface area (Å²) in [6.07, 6.45) is 1.21. The zero-order valence-corrected chi connectivity index (χ0v) is 10.1. The second-order valence-electron chi connectivity index (χ2n) is 4.56. The Hall–Kier alpha value is -1.78. The molecule has 1 saturated carbocycles. The van der Waals surface area contributed by atoms with E-state index in [1.807, 2.05) is 6.07 Å². The lowest BCUT2D eigenvalue weighted by Crippen LogP contribution is -2.08. The van der Waals surface area contributed by atoms with Gasteiger partial charge in [0.1, 0.15) is 11.4 Å². The fraction of sp³-hybridized carbons (Fsp3) is 0.500. The van der Waals surface area contributed by atoms with Crippen molar-refractivity contribution < 1.29 is 4.92 Å². The third-order valence-electron chi connectivity index (χ3n) is 3.32. The van der Waals surface area contributed by atoms with Crippen LogP contribution in [0.2, 0.25) is 0 Å². The van der Waals surface area contributed by atoms with Crippen LogP contribution in [0.15, 0.2) is 18.2 Å². The summed E-state index contributed by atoms with van der Waals surface area (Å²) in [6.45, 7) is 3.01. The van der Waals surface area contributed by atoms with Crippen LogP contribution < -0.4 is 10.6 Å². The molecule has 0 spiro atoms. The van der Waals surface area contributed by atoms with Gasteiger partial charge in [-0.2, -0.15) is 0 Å². The summed E-state index contributed by atoms with van der Waals surface area (Å²) in [4.78, 5) is 10.7. The van der Waals surface area contributed by atoms with Crippen molar-refractivity contribution >= 4 is 17.1 Å². The first-order chi connectivity index (χ1) is 8.13. The Kier molecular flexibility index (Phi) is 3.17. The molecule has 2 rings (SSSR count). The van der Waals surface area contributed by atoms with Crippen LogP contribution in [0.5, 0.6) is 0 Å². The van der Waals surface area contributed by atoms with Gasteiger partial charge in [0.2, 0.25) is 0 Å². The molecule has 0 heterocycles. The topological polar surface area (TPSA) is 67.2 Å². The van der Waals surface area contributed by atoms with Crippen LogP contribution in [0.4, 0.5) is 17.1 Å². The summed E-state index contributed by atoms with van der Waals surface area (Å²) in [6, 6.07) is 5.28. The molecule has 5 nitrogen and oxygen atoms in total. The Labute approximate surface area is 100 Å². The number of para-hydroxylation sites is 1. The number of hydrogen-bond acceptors (Lipinski definition) is 4. The van der Waals surface area contributed by atoms with Gasteiger partial charge in [-0.15, -0.1) is 0 Å². The van der Waals surface area contributed by atoms with Gasteiger partial charge in [0.15, 0.2) is 0 Å². The van der Waals surface area contributed by atoms with Gasteiger partial charge in [-0.3, -0.25) is 10.1 Å². The molecule has 1 aromatic carbocycles. The fourth-order valence-electron chi connectivity index (χ4n) is 2.01. The van der Waals surface area contributed by atoms with E-state index in [-0.39, 0.29) is 10.6 Å². The van der Waals surface area contributed by atoms with Crippen molar-refractivity contribution in [1.82, 2.24) is 0 Å². The van der Waals surface area contributed by atoms with Crippen LogP contribution in [-0.2, 0) is 0 Å². The highest BCUT2D eigenvalue weighted by atomic mass is 16.6. The van der Waals surface area contributed by atoms with Crippen molar-refractivity contribution in [3.8, 4) is 0 Å². The molecule has 2 N–H and O–H groups in total. The summed E-state index contributed by atoms with van der Waals surface area (Å²) >= 11 is 0. The van der Waals surface area contributed by atoms with Crippen LogP contribution in [-0.4, -0.2) is 18.5 Å². The number of nitro groups is 1. The van der Waals surface area contributed by atoms with Crippen molar-refractivity contribution in [1.29, 1.82) is 0 Å². The third kappa shape index (κ3) is 2.49. The van der Waals surface area contributed by atoms with Crippen molar-refractivity contribution in [2.75, 3.05) is 24.2 Å². The molecule has 0 amide bonds. The van der Waals surface area contributed by atoms with Gasteiger partial charge in [0.25, 0.3) is 0 Å². The Morgan fingerprint density at radius 1 is 1.47 bits per heavy atom. The first-order valence-electron chi connectivity index (χ1n) is 5.82. The van der Waals surface area contributed by atoms with E-state index in [0.29, 0.717) is 17.3 Å². The van der Waals surface area contributed by atoms with Gasteiger partial charge in [-0.1, -0.05) is 13.0 Å². The average Bonchev–Trinajstić information content (AvgIpc) is 3.01. The van der Waals surface area contributed by atoms with Gasteiger partial charge < -0.3 is 10.6 Å². The molecule has 5 heteroatoms. The maximum atomic E-state index is 11.1. The molecule has 1 aliphatic rings. The highest BCUT2D eigenvalue weighted by molar-refractivity contribution is 5.76. The highest BCUT2D eigenvalue weighted by Gasteiger charge is 2.32. The Morgan fingerprint density at radius 2 is 2.12 bits per heavy atom. The number of nitrogens with one attached hydrogen (secondary N) is 2. The Morgan fingerprint density at radius 3 is 2.65 bits per heavy atom. The summed E-state index contributed by atoms with van der Waals surface area (Å²) in [7, 11) is 1.69. The lowest BCUT2D eigenvalue weighted by atomic mass is 10.2. The Balaban J connectivity index is 2.16. The smallest absolute Gasteiger partial charge is 0.315 e. The largest absolute Gasteiger partial charge is 0.382 e. The molecular formula is C12H17N3O2. The molecule has 1 fully saturated rings. The molecule has 0 aromatic heterocycles. The van der Waals surface area contributed by atoms with Crippen LogP contribution in [0, 0.1) is 22.0 Å². The van der Waals surface area contributed by atoms with Crippen molar-refractivity contribution in [2.45, 2.75) is 13.3 Å². The average molecular weight is 235 g/mol. The second kappa shape index (κ2) is 4.61. The number of nitrogens with zero attached hydrogens (tertiary/aromatic N) is 1. The summed E-state index contributed by atoms with van der Waals surface area (Å²) in [5.41, 5.74) is 1.27. The molecule has 17 heavy (non-hydrogen) atoms. The third-order valence-corrected chi connectivity index (χ3v) is 3.32. The Bertz CT molecular complexity index is 434. The van der Waals surface area contributed by atoms with Gasteiger partial charge >= 0.3 is 5.69 Å². The second-order valence-corrected chi connectivity index (χ2v) is 4.56. The fourth-order valence-corrected chi connectivity index (χ4v) is 2.01. The van der Waals surface area contributed by atoms with Gasteiger partial charge in [0.05, 0.1) is 4.92 Å². The van der Waals surface area contributed by atoms with Gasteiger partial charge in [0, 0.05) is 13.6 Å². The normalized spacial score (nSPS) is 22.0. The number of benzene rings is 1. The van der Waals surface area contributed by atoms with Crippen molar-refractivity contribution in [3.63, 3.8) is 0 Å². The van der Waals surface area contributed by atoms with E-state index in [0.717, 1.165) is 12.5 Å². The molecule has 0 aliphatic heterocycles. The number of nitro benzene ring substituents is 1. The minimum atomic E-state index is -0.343. The maximum absolute atomic E-state index is 11.1. The summed E-state index contributed by atoms with van der Waals surface area (Å²) < 4.78 is 0. The predicted molar refractivity (Wildman–Crippen MR) is 68.4 cm³/mol. The van der Waals surface area contributed by atoms with E-state index < -0.39 is 0 Å². The minimum Gasteiger partial charge on any atom is -0.382 e. The maximum Gasteiger partial charge on any atom is 0.315 e. The molecule has 2 atom stereocenters. The summed E-state index contributed by atoms with van der Waals surface area (Å²) in [5, 5.41) is 17.1. The quantitative estimate of drug-likeness (QED) is 0.608. The van der Waals surface area contributed by atoms with E-state index in [2.05, 4.69) is 17.6 Å². The van der Waals surface area contributed by atoms with Gasteiger partial charge in [-0.25, -0.2) is 0 Å². The van der Waals surface area contributed by atoms with Crippen LogP contribution >= 0.6 is 0 Å². The lowest BCUT2D eigenvalue weighted by molar-refractivity contribution is -0.383. The molecule has 1 aromatic rings. The molecule has 0 saturated heterocycles. The van der Waals surface area contributed by atoms with E-state index in [1.165, 1.54) is 6.42 Å². The molecule has 0 radical (unpaired) electrons. The first kappa shape index (κ1) is 11.7. The van der Waals surface area contributed by atoms with E-state index in [9.17, 15) is 10.1 Å². The van der Waals surface area contributed by atoms with Crippen LogP contribution in [0.3, 0.4) is 0 Å². The molecule has 2 unspecified atom stereocenters. The van der Waals surface area contributed by atoms with E-state index >= 15 is 0 Å². The van der Waals surface area contributed by atoms with Crippen molar-refractivity contribution in [2.24, 2.45) is 11.8 Å².